The molecule has 1 unspecified atom stereocenters. The van der Waals surface area contributed by atoms with Gasteiger partial charge in [-0.05, 0) is 6.42 Å². The Hall–Kier alpha value is -0.880. The zero-order valence-corrected chi connectivity index (χ0v) is 5.10. The lowest BCUT2D eigenvalue weighted by molar-refractivity contribution is 0.370. The maximum absolute atomic E-state index is 11.8. The van der Waals surface area contributed by atoms with E-state index < -0.39 is 12.2 Å². The summed E-state index contributed by atoms with van der Waals surface area (Å²) < 4.78 is 11.8. The zero-order valence-electron chi connectivity index (χ0n) is 5.10. The first-order chi connectivity index (χ1) is 4.18. The average Bonchev–Trinajstić information content (AvgIpc) is 1.89. The number of rotatable bonds is 3. The SMILES string of the molecule is C=CCC(N)(C#N)CF. The van der Waals surface area contributed by atoms with E-state index >= 15 is 0 Å². The number of hydrogen-bond acceptors (Lipinski definition) is 2. The molecular weight excluding hydrogens is 119 g/mol. The minimum atomic E-state index is -1.35. The maximum Gasteiger partial charge on any atom is 0.136 e. The molecule has 0 heterocycles. The van der Waals surface area contributed by atoms with Gasteiger partial charge in [-0.15, -0.1) is 6.58 Å². The van der Waals surface area contributed by atoms with Crippen molar-refractivity contribution in [2.24, 2.45) is 5.73 Å². The molecule has 2 N–H and O–H groups in total. The second kappa shape index (κ2) is 3.21. The summed E-state index contributed by atoms with van der Waals surface area (Å²) >= 11 is 0. The molecule has 0 aliphatic rings. The van der Waals surface area contributed by atoms with Crippen molar-refractivity contribution < 1.29 is 4.39 Å². The quantitative estimate of drug-likeness (QED) is 0.570. The fourth-order valence-electron chi connectivity index (χ4n) is 0.388. The Labute approximate surface area is 53.8 Å². The lowest BCUT2D eigenvalue weighted by Gasteiger charge is -2.12. The third-order valence-electron chi connectivity index (χ3n) is 0.970. The van der Waals surface area contributed by atoms with Crippen LogP contribution in [0.25, 0.3) is 0 Å². The second-order valence-corrected chi connectivity index (χ2v) is 1.89. The van der Waals surface area contributed by atoms with E-state index in [1.807, 2.05) is 0 Å². The largest absolute Gasteiger partial charge is 0.311 e. The molecule has 0 aromatic carbocycles. The summed E-state index contributed by atoms with van der Waals surface area (Å²) in [5.74, 6) is 0. The molecule has 0 aromatic heterocycles. The van der Waals surface area contributed by atoms with Crippen molar-refractivity contribution in [3.8, 4) is 6.07 Å². The van der Waals surface area contributed by atoms with Gasteiger partial charge in [0.05, 0.1) is 6.07 Å². The van der Waals surface area contributed by atoms with Crippen LogP contribution in [0.15, 0.2) is 12.7 Å². The van der Waals surface area contributed by atoms with Crippen LogP contribution in [0.5, 0.6) is 0 Å². The Balaban J connectivity index is 3.96. The highest BCUT2D eigenvalue weighted by molar-refractivity contribution is 5.07. The van der Waals surface area contributed by atoms with E-state index in [0.717, 1.165) is 0 Å². The van der Waals surface area contributed by atoms with Crippen molar-refractivity contribution in [2.75, 3.05) is 6.67 Å². The van der Waals surface area contributed by atoms with Gasteiger partial charge in [-0.2, -0.15) is 5.26 Å². The molecule has 3 heteroatoms. The molecule has 0 bridgehead atoms. The Morgan fingerprint density at radius 3 is 2.56 bits per heavy atom. The van der Waals surface area contributed by atoms with Crippen LogP contribution in [0, 0.1) is 11.3 Å². The minimum Gasteiger partial charge on any atom is -0.311 e. The highest BCUT2D eigenvalue weighted by atomic mass is 19.1. The van der Waals surface area contributed by atoms with Gasteiger partial charge in [0.15, 0.2) is 0 Å². The van der Waals surface area contributed by atoms with Crippen LogP contribution in [-0.2, 0) is 0 Å². The van der Waals surface area contributed by atoms with Crippen molar-refractivity contribution in [1.29, 1.82) is 5.26 Å². The molecule has 0 rings (SSSR count). The van der Waals surface area contributed by atoms with E-state index in [4.69, 9.17) is 11.0 Å². The van der Waals surface area contributed by atoms with Crippen LogP contribution in [-0.4, -0.2) is 12.2 Å². The lowest BCUT2D eigenvalue weighted by Crippen LogP contribution is -2.39. The van der Waals surface area contributed by atoms with Gasteiger partial charge in [-0.1, -0.05) is 6.08 Å². The van der Waals surface area contributed by atoms with Crippen LogP contribution in [0.2, 0.25) is 0 Å². The summed E-state index contributed by atoms with van der Waals surface area (Å²) in [5, 5.41) is 8.25. The van der Waals surface area contributed by atoms with E-state index in [1.54, 1.807) is 6.07 Å². The number of hydrogen-bond donors (Lipinski definition) is 1. The van der Waals surface area contributed by atoms with Crippen LogP contribution in [0.1, 0.15) is 6.42 Å². The number of nitrogens with zero attached hydrogens (tertiary/aromatic N) is 1. The monoisotopic (exact) mass is 128 g/mol. The van der Waals surface area contributed by atoms with Crippen LogP contribution >= 0.6 is 0 Å². The molecular formula is C6H9FN2. The molecule has 50 valence electrons. The van der Waals surface area contributed by atoms with Gasteiger partial charge in [0, 0.05) is 0 Å². The van der Waals surface area contributed by atoms with Crippen molar-refractivity contribution >= 4 is 0 Å². The van der Waals surface area contributed by atoms with Crippen molar-refractivity contribution in [2.45, 2.75) is 12.0 Å². The van der Waals surface area contributed by atoms with Gasteiger partial charge in [0.1, 0.15) is 12.2 Å². The van der Waals surface area contributed by atoms with E-state index in [9.17, 15) is 4.39 Å². The molecule has 9 heavy (non-hydrogen) atoms. The van der Waals surface area contributed by atoms with E-state index in [2.05, 4.69) is 6.58 Å². The summed E-state index contributed by atoms with van der Waals surface area (Å²) in [4.78, 5) is 0. The van der Waals surface area contributed by atoms with E-state index in [0.29, 0.717) is 0 Å². The van der Waals surface area contributed by atoms with E-state index in [1.165, 1.54) is 6.08 Å². The summed E-state index contributed by atoms with van der Waals surface area (Å²) in [5.41, 5.74) is 3.85. The van der Waals surface area contributed by atoms with Crippen LogP contribution in [0.4, 0.5) is 4.39 Å². The summed E-state index contributed by atoms with van der Waals surface area (Å²) in [7, 11) is 0. The molecule has 0 saturated heterocycles. The van der Waals surface area contributed by atoms with Gasteiger partial charge in [0.25, 0.3) is 0 Å². The topological polar surface area (TPSA) is 49.8 Å². The fraction of sp³-hybridized carbons (Fsp3) is 0.500. The van der Waals surface area contributed by atoms with Gasteiger partial charge in [-0.25, -0.2) is 4.39 Å². The number of nitriles is 1. The number of nitrogens with two attached hydrogens (primary N) is 1. The molecule has 1 atom stereocenters. The Morgan fingerprint density at radius 1 is 1.89 bits per heavy atom. The summed E-state index contributed by atoms with van der Waals surface area (Å²) in [6.45, 7) is 2.52. The average molecular weight is 128 g/mol. The number of halogens is 1. The molecule has 0 radical (unpaired) electrons. The van der Waals surface area contributed by atoms with Crippen molar-refractivity contribution in [3.05, 3.63) is 12.7 Å². The highest BCUT2D eigenvalue weighted by Crippen LogP contribution is 2.05. The van der Waals surface area contributed by atoms with Gasteiger partial charge >= 0.3 is 0 Å². The van der Waals surface area contributed by atoms with E-state index in [-0.39, 0.29) is 6.42 Å². The predicted molar refractivity (Wildman–Crippen MR) is 33.3 cm³/mol. The zero-order chi connectivity index (χ0) is 7.33. The maximum atomic E-state index is 11.8. The highest BCUT2D eigenvalue weighted by Gasteiger charge is 2.21. The first-order valence-electron chi connectivity index (χ1n) is 2.55. The Kier molecular flexibility index (Phi) is 2.89. The van der Waals surface area contributed by atoms with Gasteiger partial charge in [-0.3, -0.25) is 0 Å². The van der Waals surface area contributed by atoms with Gasteiger partial charge < -0.3 is 5.73 Å². The normalized spacial score (nSPS) is 15.7. The van der Waals surface area contributed by atoms with Crippen molar-refractivity contribution in [1.82, 2.24) is 0 Å². The first-order valence-corrected chi connectivity index (χ1v) is 2.55. The fourth-order valence-corrected chi connectivity index (χ4v) is 0.388. The minimum absolute atomic E-state index is 0.194. The summed E-state index contributed by atoms with van der Waals surface area (Å²) in [6.07, 6.45) is 1.63. The van der Waals surface area contributed by atoms with Crippen LogP contribution < -0.4 is 5.73 Å². The Bertz CT molecular complexity index is 138. The third-order valence-corrected chi connectivity index (χ3v) is 0.970. The third kappa shape index (κ3) is 2.24. The smallest absolute Gasteiger partial charge is 0.136 e. The molecule has 0 aliphatic heterocycles. The van der Waals surface area contributed by atoms with Gasteiger partial charge in [0.2, 0.25) is 0 Å². The van der Waals surface area contributed by atoms with Crippen LogP contribution in [0.3, 0.4) is 0 Å². The molecule has 0 amide bonds. The molecule has 0 spiro atoms. The molecule has 2 nitrogen and oxygen atoms in total. The number of alkyl halides is 1. The standard InChI is InChI=1S/C6H9FN2/c1-2-3-6(9,4-7)5-8/h2H,1,3-4,9H2. The summed E-state index contributed by atoms with van der Waals surface area (Å²) in [6, 6.07) is 1.66. The Morgan fingerprint density at radius 2 is 2.44 bits per heavy atom. The molecule has 0 aliphatic carbocycles. The second-order valence-electron chi connectivity index (χ2n) is 1.89. The molecule has 0 fully saturated rings. The first kappa shape index (κ1) is 8.12. The van der Waals surface area contributed by atoms with Crippen molar-refractivity contribution in [3.63, 3.8) is 0 Å². The molecule has 0 saturated carbocycles. The lowest BCUT2D eigenvalue weighted by atomic mass is 10.0. The molecule has 0 aromatic rings. The predicted octanol–water partition coefficient (Wildman–Crippen LogP) is 0.753.